The summed E-state index contributed by atoms with van der Waals surface area (Å²) in [5.41, 5.74) is -1.94. The minimum atomic E-state index is -2.81. The monoisotopic (exact) mass is 760 g/mol. The summed E-state index contributed by atoms with van der Waals surface area (Å²) in [5, 5.41) is 21.0. The molecule has 9 nitrogen and oxygen atoms in total. The average Bonchev–Trinajstić information content (AvgIpc) is 3.46. The third-order valence-electron chi connectivity index (χ3n) is 10.4. The summed E-state index contributed by atoms with van der Waals surface area (Å²) in [7, 11) is 0. The van der Waals surface area contributed by atoms with E-state index in [1.807, 2.05) is 0 Å². The Balaban J connectivity index is 1.44. The predicted octanol–water partition coefficient (Wildman–Crippen LogP) is 6.28. The van der Waals surface area contributed by atoms with Crippen LogP contribution in [0, 0.1) is 46.8 Å². The Morgan fingerprint density at radius 1 is 0.885 bits per heavy atom. The molecule has 2 aliphatic heterocycles. The first kappa shape index (κ1) is 35.3. The van der Waals surface area contributed by atoms with Crippen LogP contribution in [0.2, 0.25) is 0 Å². The summed E-state index contributed by atoms with van der Waals surface area (Å²) in [6.45, 7) is 3.64. The SMILES string of the molecule is C=CCc1cccc([C@H]2C3=CC[C@@H]4C(=O)N(c5cccc(C(=O)O)c5)C(=O)[C@@H]4[C@@H]3C[C@@]3(Cl)C(=O)N(c4c(F)c(F)c(F)c(F)c4F)C(=O)[C@@]23Cl)c1O. The number of carbonyl (C=O) groups excluding carboxylic acids is 4. The number of allylic oxidation sites excluding steroid dienone is 3. The highest BCUT2D eigenvalue weighted by Gasteiger charge is 2.77. The number of rotatable bonds is 6. The van der Waals surface area contributed by atoms with Crippen LogP contribution >= 0.6 is 23.2 Å². The lowest BCUT2D eigenvalue weighted by atomic mass is 9.56. The molecule has 6 atom stereocenters. The minimum absolute atomic E-state index is 0.0649. The normalized spacial score (nSPS) is 28.1. The highest BCUT2D eigenvalue weighted by Crippen LogP contribution is 2.67. The van der Waals surface area contributed by atoms with E-state index in [0.717, 1.165) is 11.0 Å². The van der Waals surface area contributed by atoms with Gasteiger partial charge in [-0.15, -0.1) is 29.8 Å². The van der Waals surface area contributed by atoms with Crippen LogP contribution in [-0.2, 0) is 25.6 Å². The van der Waals surface area contributed by atoms with E-state index in [0.29, 0.717) is 0 Å². The number of benzene rings is 3. The second-order valence-electron chi connectivity index (χ2n) is 12.9. The van der Waals surface area contributed by atoms with Crippen LogP contribution in [0.1, 0.15) is 40.2 Å². The second kappa shape index (κ2) is 12.0. The van der Waals surface area contributed by atoms with Gasteiger partial charge in [0.05, 0.1) is 23.1 Å². The highest BCUT2D eigenvalue weighted by atomic mass is 35.5. The van der Waals surface area contributed by atoms with Gasteiger partial charge in [-0.2, -0.15) is 0 Å². The number of phenols is 1. The van der Waals surface area contributed by atoms with E-state index in [1.165, 1.54) is 48.6 Å². The molecule has 1 saturated carbocycles. The maximum Gasteiger partial charge on any atom is 0.335 e. The summed E-state index contributed by atoms with van der Waals surface area (Å²) < 4.78 is 73.5. The van der Waals surface area contributed by atoms with Crippen LogP contribution in [-0.4, -0.2) is 49.6 Å². The molecule has 268 valence electrons. The number of carboxylic acids is 1. The summed E-state index contributed by atoms with van der Waals surface area (Å²) in [4.78, 5) is 63.4. The summed E-state index contributed by atoms with van der Waals surface area (Å²) >= 11 is 14.3. The van der Waals surface area contributed by atoms with Crippen molar-refractivity contribution in [2.45, 2.75) is 34.9 Å². The van der Waals surface area contributed by atoms with Gasteiger partial charge in [-0.25, -0.2) is 31.6 Å². The largest absolute Gasteiger partial charge is 0.507 e. The van der Waals surface area contributed by atoms with Crippen molar-refractivity contribution in [3.05, 3.63) is 113 Å². The Hall–Kier alpha value is -5.08. The number of hydrogen-bond acceptors (Lipinski definition) is 6. The number of phenolic OH excluding ortho intramolecular Hbond substituents is 1. The predicted molar refractivity (Wildman–Crippen MR) is 174 cm³/mol. The Kier molecular flexibility index (Phi) is 8.14. The topological polar surface area (TPSA) is 132 Å². The molecule has 3 aromatic carbocycles. The number of halogens is 7. The third kappa shape index (κ3) is 4.49. The summed E-state index contributed by atoms with van der Waals surface area (Å²) in [6, 6.07) is 9.33. The Morgan fingerprint density at radius 3 is 2.15 bits per heavy atom. The van der Waals surface area contributed by atoms with Crippen molar-refractivity contribution in [3.8, 4) is 5.75 Å². The van der Waals surface area contributed by atoms with Gasteiger partial charge in [0.1, 0.15) is 11.4 Å². The molecule has 7 rings (SSSR count). The number of aromatic carboxylic acids is 1. The number of amides is 4. The fourth-order valence-corrected chi connectivity index (χ4v) is 9.04. The summed E-state index contributed by atoms with van der Waals surface area (Å²) in [5.74, 6) is -24.5. The van der Waals surface area contributed by atoms with Crippen molar-refractivity contribution in [2.24, 2.45) is 17.8 Å². The lowest BCUT2D eigenvalue weighted by Gasteiger charge is -2.50. The number of alkyl halides is 2. The van der Waals surface area contributed by atoms with Crippen LogP contribution in [0.3, 0.4) is 0 Å². The number of nitrogens with zero attached hydrogens (tertiary/aromatic N) is 2. The number of anilines is 2. The molecule has 16 heteroatoms. The fraction of sp³-hybridized carbons (Fsp3) is 0.250. The number of imide groups is 2. The molecule has 2 N–H and O–H groups in total. The van der Waals surface area contributed by atoms with Gasteiger partial charge in [0.2, 0.25) is 17.6 Å². The van der Waals surface area contributed by atoms with E-state index in [9.17, 15) is 47.4 Å². The maximum atomic E-state index is 15.3. The van der Waals surface area contributed by atoms with Gasteiger partial charge in [0, 0.05) is 11.5 Å². The van der Waals surface area contributed by atoms with E-state index < -0.39 is 110 Å². The molecule has 0 spiro atoms. The van der Waals surface area contributed by atoms with E-state index in [-0.39, 0.29) is 45.7 Å². The Bertz CT molecular complexity index is 2200. The number of carbonyl (C=O) groups is 5. The van der Waals surface area contributed by atoms with Crippen LogP contribution < -0.4 is 9.80 Å². The lowest BCUT2D eigenvalue weighted by Crippen LogP contribution is -2.60. The van der Waals surface area contributed by atoms with E-state index >= 15 is 8.78 Å². The van der Waals surface area contributed by atoms with Gasteiger partial charge >= 0.3 is 5.97 Å². The zero-order chi connectivity index (χ0) is 37.8. The lowest BCUT2D eigenvalue weighted by molar-refractivity contribution is -0.125. The van der Waals surface area contributed by atoms with Crippen LogP contribution in [0.15, 0.2) is 66.8 Å². The third-order valence-corrected chi connectivity index (χ3v) is 11.8. The highest BCUT2D eigenvalue weighted by molar-refractivity contribution is 6.58. The van der Waals surface area contributed by atoms with Gasteiger partial charge in [-0.05, 0) is 48.9 Å². The first-order chi connectivity index (χ1) is 24.5. The smallest absolute Gasteiger partial charge is 0.335 e. The molecule has 52 heavy (non-hydrogen) atoms. The molecule has 0 bridgehead atoms. The van der Waals surface area contributed by atoms with Crippen LogP contribution in [0.25, 0.3) is 0 Å². The molecule has 2 aliphatic carbocycles. The first-order valence-corrected chi connectivity index (χ1v) is 16.4. The Morgan fingerprint density at radius 2 is 1.52 bits per heavy atom. The molecule has 2 heterocycles. The van der Waals surface area contributed by atoms with Crippen molar-refractivity contribution in [2.75, 3.05) is 9.80 Å². The fourth-order valence-electron chi connectivity index (χ4n) is 8.11. The molecular weight excluding hydrogens is 738 g/mol. The quantitative estimate of drug-likeness (QED) is 0.0755. The molecule has 4 amide bonds. The zero-order valence-corrected chi connectivity index (χ0v) is 27.8. The first-order valence-electron chi connectivity index (χ1n) is 15.6. The molecule has 2 saturated heterocycles. The van der Waals surface area contributed by atoms with Gasteiger partial charge in [0.15, 0.2) is 33.0 Å². The molecule has 0 radical (unpaired) electrons. The number of carboxylic acid groups (broad SMARTS) is 1. The molecule has 3 aromatic rings. The van der Waals surface area contributed by atoms with Gasteiger partial charge in [0.25, 0.3) is 11.8 Å². The zero-order valence-electron chi connectivity index (χ0n) is 26.3. The van der Waals surface area contributed by atoms with E-state index in [1.54, 1.807) is 0 Å². The number of hydrogen-bond donors (Lipinski definition) is 2. The average molecular weight is 761 g/mol. The van der Waals surface area contributed by atoms with Crippen molar-refractivity contribution in [1.29, 1.82) is 0 Å². The van der Waals surface area contributed by atoms with E-state index in [4.69, 9.17) is 23.2 Å². The van der Waals surface area contributed by atoms with Crippen molar-refractivity contribution in [1.82, 2.24) is 0 Å². The molecule has 0 unspecified atom stereocenters. The maximum absolute atomic E-state index is 15.3. The van der Waals surface area contributed by atoms with Gasteiger partial charge in [-0.3, -0.25) is 24.1 Å². The molecule has 4 aliphatic rings. The standard InChI is InChI=1S/C36H23Cl2F5N2O7/c1-2-5-14-6-4-9-19(29(14)46)22-17-10-11-18-21(31(48)44(30(18)47)16-8-3-7-15(12-16)32(49)50)20(17)13-35(37)33(51)45(34(52)36(22,35)38)28-26(42)24(40)23(39)25(41)27(28)43/h2-4,6-10,12,18,20-22,46H,1,5,11,13H2,(H,49,50)/t18-,20+,21-,22+,35+,36-/m0/s1. The van der Waals surface area contributed by atoms with Crippen LogP contribution in [0.4, 0.5) is 33.3 Å². The minimum Gasteiger partial charge on any atom is -0.507 e. The Labute approximate surface area is 300 Å². The molecule has 0 aromatic heterocycles. The van der Waals surface area contributed by atoms with Crippen molar-refractivity contribution < 1.29 is 56.1 Å². The molecule has 3 fully saturated rings. The van der Waals surface area contributed by atoms with Crippen molar-refractivity contribution in [3.63, 3.8) is 0 Å². The number of fused-ring (bicyclic) bond motifs is 4. The van der Waals surface area contributed by atoms with Gasteiger partial charge < -0.3 is 10.2 Å². The van der Waals surface area contributed by atoms with E-state index in [2.05, 4.69) is 6.58 Å². The van der Waals surface area contributed by atoms with Crippen molar-refractivity contribution >= 4 is 64.2 Å². The number of aromatic hydroxyl groups is 1. The van der Waals surface area contributed by atoms with Gasteiger partial charge in [-0.1, -0.05) is 42.0 Å². The molecular formula is C36H23Cl2F5N2O7. The van der Waals surface area contributed by atoms with Crippen LogP contribution in [0.5, 0.6) is 5.75 Å². The second-order valence-corrected chi connectivity index (χ2v) is 14.1. The number of para-hydroxylation sites is 1. The summed E-state index contributed by atoms with van der Waals surface area (Å²) in [6.07, 6.45) is 2.12.